The number of ether oxygens (including phenoxy) is 2. The second kappa shape index (κ2) is 11.4. The monoisotopic (exact) mass is 452 g/mol. The third-order valence-corrected chi connectivity index (χ3v) is 5.46. The van der Waals surface area contributed by atoms with Crippen molar-refractivity contribution in [2.45, 2.75) is 32.4 Å². The average Bonchev–Trinajstić information content (AvgIpc) is 2.66. The molecule has 0 aromatic heterocycles. The summed E-state index contributed by atoms with van der Waals surface area (Å²) in [5.74, 6) is -0.888. The van der Waals surface area contributed by atoms with E-state index in [1.54, 1.807) is 32.0 Å². The Kier molecular flexibility index (Phi) is 9.28. The van der Waals surface area contributed by atoms with Gasteiger partial charge in [0.25, 0.3) is 0 Å². The standard InChI is InChI=1S/C20H21Cl2N2O4.Al.2H/c1-3-27-20(26)18(23)12(2)28-17(25)11-13-7-4-5-10-16(13)24-19-14(21)8-6-9-15(19)22;;;/h4-10,12,18,23-24H,3,11H2,1-2H3;;;/q-1;+1;;/t12-,18+;;;/m1.../s1. The van der Waals surface area contributed by atoms with Crippen molar-refractivity contribution in [1.29, 1.82) is 0 Å². The number of anilines is 2. The molecule has 2 aromatic carbocycles. The molecule has 2 N–H and O–H groups in total. The first kappa shape index (κ1) is 23.5. The number of nitrogens with one attached hydrogen (secondary N) is 2. The first-order chi connectivity index (χ1) is 13.9. The molecule has 0 unspecified atom stereocenters. The van der Waals surface area contributed by atoms with Crippen molar-refractivity contribution < 1.29 is 19.1 Å². The first-order valence-corrected chi connectivity index (χ1v) is 10.9. The van der Waals surface area contributed by atoms with Gasteiger partial charge in [-0.15, -0.1) is 0 Å². The maximum Gasteiger partial charge on any atom is 0.325 e. The van der Waals surface area contributed by atoms with Crippen molar-refractivity contribution in [3.63, 3.8) is 0 Å². The predicted octanol–water partition coefficient (Wildman–Crippen LogP) is 3.28. The Bertz CT molecular complexity index is 846. The van der Waals surface area contributed by atoms with Gasteiger partial charge in [0.2, 0.25) is 0 Å². The van der Waals surface area contributed by atoms with Crippen LogP contribution < -0.4 is 9.62 Å². The third-order valence-electron chi connectivity index (χ3n) is 4.21. The highest BCUT2D eigenvalue weighted by atomic mass is 35.5. The zero-order valence-electron chi connectivity index (χ0n) is 16.5. The number of halogens is 2. The third kappa shape index (κ3) is 6.63. The smallest absolute Gasteiger partial charge is 0.325 e. The summed E-state index contributed by atoms with van der Waals surface area (Å²) in [4.78, 5) is 24.5. The van der Waals surface area contributed by atoms with E-state index in [-0.39, 0.29) is 13.0 Å². The number of carbonyl (C=O) groups excluding carboxylic acids is 2. The molecule has 2 atom stereocenters. The van der Waals surface area contributed by atoms with Crippen LogP contribution in [0.15, 0.2) is 42.5 Å². The van der Waals surface area contributed by atoms with Gasteiger partial charge in [0.15, 0.2) is 0 Å². The number of esters is 2. The average molecular weight is 453 g/mol. The molecule has 0 fully saturated rings. The molecular formula is C20H23AlCl2N2O4. The van der Waals surface area contributed by atoms with Gasteiger partial charge in [0.05, 0.1) is 28.8 Å². The lowest BCUT2D eigenvalue weighted by Gasteiger charge is -2.23. The van der Waals surface area contributed by atoms with E-state index in [2.05, 4.69) is 9.62 Å². The van der Waals surface area contributed by atoms with E-state index >= 15 is 0 Å². The number of carbonyl (C=O) groups is 2. The Morgan fingerprint density at radius 1 is 1.10 bits per heavy atom. The van der Waals surface area contributed by atoms with Gasteiger partial charge in [0, 0.05) is 5.69 Å². The topological polar surface area (TPSA) is 76.7 Å². The van der Waals surface area contributed by atoms with Crippen molar-refractivity contribution in [2.75, 3.05) is 11.9 Å². The molecule has 9 heteroatoms. The minimum Gasteiger partial charge on any atom is -0.465 e. The maximum absolute atomic E-state index is 12.5. The van der Waals surface area contributed by atoms with Crippen LogP contribution in [0.2, 0.25) is 10.0 Å². The van der Waals surface area contributed by atoms with Crippen molar-refractivity contribution in [1.82, 2.24) is 4.30 Å². The molecule has 0 radical (unpaired) electrons. The lowest BCUT2D eigenvalue weighted by Crippen LogP contribution is -2.46. The van der Waals surface area contributed by atoms with Gasteiger partial charge in [0.1, 0.15) is 12.1 Å². The molecule has 0 bridgehead atoms. The Hall–Kier alpha value is -1.75. The fraction of sp³-hybridized carbons (Fsp3) is 0.300. The quantitative estimate of drug-likeness (QED) is 0.449. The number of para-hydroxylation sites is 2. The molecule has 2 aromatic rings. The fourth-order valence-corrected chi connectivity index (χ4v) is 3.99. The summed E-state index contributed by atoms with van der Waals surface area (Å²) in [7, 11) is 0. The predicted molar refractivity (Wildman–Crippen MR) is 118 cm³/mol. The summed E-state index contributed by atoms with van der Waals surface area (Å²) in [5.41, 5.74) is 1.97. The molecule has 0 saturated carbocycles. The second-order valence-corrected chi connectivity index (χ2v) is 7.66. The minimum atomic E-state index is -0.680. The summed E-state index contributed by atoms with van der Waals surface area (Å²) in [6, 6.07) is 11.8. The molecule has 0 aliphatic rings. The van der Waals surface area contributed by atoms with Gasteiger partial charge >= 0.3 is 28.4 Å². The molecule has 29 heavy (non-hydrogen) atoms. The number of hydrogen-bond donors (Lipinski definition) is 2. The van der Waals surface area contributed by atoms with Crippen LogP contribution in [-0.4, -0.2) is 47.2 Å². The van der Waals surface area contributed by atoms with Crippen LogP contribution in [-0.2, 0) is 25.5 Å². The van der Waals surface area contributed by atoms with Gasteiger partial charge in [-0.1, -0.05) is 47.5 Å². The van der Waals surface area contributed by atoms with Crippen molar-refractivity contribution in [2.24, 2.45) is 0 Å². The summed E-state index contributed by atoms with van der Waals surface area (Å²) in [6.07, 6.45) is -0.635. The van der Waals surface area contributed by atoms with E-state index in [9.17, 15) is 9.59 Å². The highest BCUT2D eigenvalue weighted by molar-refractivity contribution is 6.39. The van der Waals surface area contributed by atoms with Gasteiger partial charge in [-0.05, 0) is 37.6 Å². The lowest BCUT2D eigenvalue weighted by atomic mass is 10.1. The molecule has 2 rings (SSSR count). The summed E-state index contributed by atoms with van der Waals surface area (Å²) >= 11 is 13.0. The van der Waals surface area contributed by atoms with Crippen molar-refractivity contribution in [3.05, 3.63) is 58.1 Å². The van der Waals surface area contributed by atoms with Gasteiger partial charge in [-0.3, -0.25) is 9.59 Å². The maximum atomic E-state index is 12.5. The zero-order valence-corrected chi connectivity index (χ0v) is 20.0. The number of hydrogen-bond acceptors (Lipinski definition) is 6. The van der Waals surface area contributed by atoms with Gasteiger partial charge in [-0.2, -0.15) is 0 Å². The van der Waals surface area contributed by atoms with Crippen molar-refractivity contribution >= 4 is 63.0 Å². The van der Waals surface area contributed by atoms with Crippen LogP contribution in [0.3, 0.4) is 0 Å². The number of benzene rings is 2. The highest BCUT2D eigenvalue weighted by Crippen LogP contribution is 2.33. The van der Waals surface area contributed by atoms with Crippen LogP contribution in [0.4, 0.5) is 11.4 Å². The number of rotatable bonds is 9. The summed E-state index contributed by atoms with van der Waals surface area (Å²) < 4.78 is 13.4. The molecule has 6 nitrogen and oxygen atoms in total. The van der Waals surface area contributed by atoms with Gasteiger partial charge in [-0.25, -0.2) is 0 Å². The largest absolute Gasteiger partial charge is 0.465 e. The van der Waals surface area contributed by atoms with Crippen LogP contribution in [0.1, 0.15) is 19.4 Å². The Balaban J connectivity index is 2.10. The minimum absolute atomic E-state index is 0.0201. The van der Waals surface area contributed by atoms with Crippen LogP contribution in [0.25, 0.3) is 0 Å². The Morgan fingerprint density at radius 3 is 2.38 bits per heavy atom. The molecule has 0 aliphatic heterocycles. The van der Waals surface area contributed by atoms with E-state index in [4.69, 9.17) is 32.7 Å². The molecule has 0 saturated heterocycles. The summed E-state index contributed by atoms with van der Waals surface area (Å²) in [5, 5.41) is 4.13. The summed E-state index contributed by atoms with van der Waals surface area (Å²) in [6.45, 7) is 3.66. The van der Waals surface area contributed by atoms with Crippen LogP contribution >= 0.6 is 23.2 Å². The molecular weight excluding hydrogens is 430 g/mol. The van der Waals surface area contributed by atoms with E-state index in [0.717, 1.165) is 0 Å². The second-order valence-electron chi connectivity index (χ2n) is 6.27. The van der Waals surface area contributed by atoms with E-state index in [1.807, 2.05) is 24.3 Å². The molecule has 0 heterocycles. The highest BCUT2D eigenvalue weighted by Gasteiger charge is 2.27. The van der Waals surface area contributed by atoms with E-state index in [1.165, 1.54) is 0 Å². The normalized spacial score (nSPS) is 12.7. The molecule has 0 amide bonds. The van der Waals surface area contributed by atoms with Crippen molar-refractivity contribution in [3.8, 4) is 0 Å². The molecule has 154 valence electrons. The SMILES string of the molecule is CCOC(=O)[C@@H]([NH][AlH2])[C@@H](C)OC(=O)Cc1ccccc1Nc1c(Cl)cccc1Cl. The van der Waals surface area contributed by atoms with E-state index in [0.29, 0.717) is 43.5 Å². The molecule has 0 aliphatic carbocycles. The Labute approximate surface area is 188 Å². The van der Waals surface area contributed by atoms with Crippen LogP contribution in [0, 0.1) is 0 Å². The Morgan fingerprint density at radius 2 is 1.76 bits per heavy atom. The van der Waals surface area contributed by atoms with E-state index < -0.39 is 24.1 Å². The molecule has 0 spiro atoms. The first-order valence-electron chi connectivity index (χ1n) is 9.19. The van der Waals surface area contributed by atoms with Gasteiger partial charge < -0.3 is 19.1 Å². The fourth-order valence-electron chi connectivity index (χ4n) is 2.80. The zero-order chi connectivity index (χ0) is 21.4. The van der Waals surface area contributed by atoms with Crippen LogP contribution in [0.5, 0.6) is 0 Å². The lowest BCUT2D eigenvalue weighted by molar-refractivity contribution is -0.156.